The summed E-state index contributed by atoms with van der Waals surface area (Å²) in [5.74, 6) is 0.653. The van der Waals surface area contributed by atoms with Gasteiger partial charge in [0.05, 0.1) is 32.1 Å². The van der Waals surface area contributed by atoms with Crippen LogP contribution in [-0.2, 0) is 10.2 Å². The predicted molar refractivity (Wildman–Crippen MR) is 103 cm³/mol. The van der Waals surface area contributed by atoms with E-state index in [1.807, 2.05) is 0 Å². The molecule has 1 aliphatic heterocycles. The minimum atomic E-state index is -3.63. The van der Waals surface area contributed by atoms with Crippen LogP contribution in [0.1, 0.15) is 10.4 Å². The summed E-state index contributed by atoms with van der Waals surface area (Å²) in [7, 11) is 0.881. The quantitative estimate of drug-likeness (QED) is 0.809. The Kier molecular flexibility index (Phi) is 5.13. The van der Waals surface area contributed by atoms with E-state index in [1.165, 1.54) is 29.9 Å². The molecule has 27 heavy (non-hydrogen) atoms. The molecule has 3 rings (SSSR count). The highest BCUT2D eigenvalue weighted by atomic mass is 32.2. The molecule has 8 nitrogen and oxygen atoms in total. The number of ether oxygens (including phenoxy) is 2. The fourth-order valence-electron chi connectivity index (χ4n) is 2.89. The van der Waals surface area contributed by atoms with Crippen molar-refractivity contribution in [2.24, 2.45) is 0 Å². The number of para-hydroxylation sites is 2. The van der Waals surface area contributed by atoms with Crippen LogP contribution in [0.2, 0.25) is 0 Å². The molecule has 0 spiro atoms. The maximum atomic E-state index is 12.6. The van der Waals surface area contributed by atoms with Crippen molar-refractivity contribution < 1.29 is 22.7 Å². The lowest BCUT2D eigenvalue weighted by Crippen LogP contribution is -2.40. The van der Waals surface area contributed by atoms with Crippen molar-refractivity contribution in [3.05, 3.63) is 48.0 Å². The van der Waals surface area contributed by atoms with Crippen LogP contribution in [0.5, 0.6) is 11.5 Å². The third kappa shape index (κ3) is 3.50. The highest BCUT2D eigenvalue weighted by molar-refractivity contribution is 7.94. The van der Waals surface area contributed by atoms with E-state index < -0.39 is 10.2 Å². The lowest BCUT2D eigenvalue weighted by Gasteiger charge is -2.19. The largest absolute Gasteiger partial charge is 0.497 e. The average Bonchev–Trinajstić information content (AvgIpc) is 2.88. The number of fused-ring (bicyclic) bond motifs is 1. The Labute approximate surface area is 158 Å². The van der Waals surface area contributed by atoms with Crippen LogP contribution < -0.4 is 23.4 Å². The van der Waals surface area contributed by atoms with Gasteiger partial charge in [0.1, 0.15) is 11.5 Å². The van der Waals surface area contributed by atoms with E-state index >= 15 is 0 Å². The van der Waals surface area contributed by atoms with Crippen LogP contribution in [0.4, 0.5) is 11.4 Å². The van der Waals surface area contributed by atoms with E-state index in [-0.39, 0.29) is 19.0 Å². The SMILES string of the molecule is COc1cc(OC)cc(C(=O)NCCN2c3ccccc3N(C)S2(=O)=O)c1. The summed E-state index contributed by atoms with van der Waals surface area (Å²) in [5.41, 5.74) is 1.58. The van der Waals surface area contributed by atoms with Gasteiger partial charge in [0.15, 0.2) is 0 Å². The highest BCUT2D eigenvalue weighted by Gasteiger charge is 2.37. The molecule has 0 fully saturated rings. The first kappa shape index (κ1) is 18.8. The first-order valence-corrected chi connectivity index (χ1v) is 9.65. The van der Waals surface area contributed by atoms with Gasteiger partial charge in [0, 0.05) is 25.2 Å². The number of carbonyl (C=O) groups is 1. The molecule has 0 aromatic heterocycles. The second-order valence-corrected chi connectivity index (χ2v) is 7.78. The summed E-state index contributed by atoms with van der Waals surface area (Å²) in [5, 5.41) is 2.74. The molecule has 0 saturated carbocycles. The van der Waals surface area contributed by atoms with Crippen LogP contribution in [0, 0.1) is 0 Å². The maximum Gasteiger partial charge on any atom is 0.326 e. The van der Waals surface area contributed by atoms with E-state index in [4.69, 9.17) is 9.47 Å². The van der Waals surface area contributed by atoms with Gasteiger partial charge in [-0.15, -0.1) is 0 Å². The van der Waals surface area contributed by atoms with Gasteiger partial charge in [-0.1, -0.05) is 12.1 Å². The summed E-state index contributed by atoms with van der Waals surface area (Å²) < 4.78 is 38.0. The molecule has 0 saturated heterocycles. The van der Waals surface area contributed by atoms with Gasteiger partial charge < -0.3 is 14.8 Å². The number of nitrogens with zero attached hydrogens (tertiary/aromatic N) is 2. The Bertz CT molecular complexity index is 939. The smallest absolute Gasteiger partial charge is 0.326 e. The Morgan fingerprint density at radius 1 is 1.04 bits per heavy atom. The summed E-state index contributed by atoms with van der Waals surface area (Å²) in [6, 6.07) is 11.9. The first-order chi connectivity index (χ1) is 12.9. The number of anilines is 2. The zero-order valence-corrected chi connectivity index (χ0v) is 16.1. The van der Waals surface area contributed by atoms with E-state index in [0.717, 1.165) is 0 Å². The van der Waals surface area contributed by atoms with Crippen molar-refractivity contribution in [3.63, 3.8) is 0 Å². The van der Waals surface area contributed by atoms with E-state index in [0.29, 0.717) is 28.4 Å². The van der Waals surface area contributed by atoms with Gasteiger partial charge >= 0.3 is 10.2 Å². The topological polar surface area (TPSA) is 88.2 Å². The second-order valence-electron chi connectivity index (χ2n) is 5.89. The third-order valence-corrected chi connectivity index (χ3v) is 6.15. The zero-order valence-electron chi connectivity index (χ0n) is 15.3. The van der Waals surface area contributed by atoms with Gasteiger partial charge in [-0.3, -0.25) is 9.10 Å². The molecule has 0 unspecified atom stereocenters. The summed E-state index contributed by atoms with van der Waals surface area (Å²) in [4.78, 5) is 12.4. The summed E-state index contributed by atoms with van der Waals surface area (Å²) >= 11 is 0. The molecule has 0 atom stereocenters. The Morgan fingerprint density at radius 3 is 2.22 bits per heavy atom. The Hall–Kier alpha value is -2.94. The fraction of sp³-hybridized carbons (Fsp3) is 0.278. The molecule has 9 heteroatoms. The zero-order chi connectivity index (χ0) is 19.6. The summed E-state index contributed by atoms with van der Waals surface area (Å²) in [6.45, 7) is 0.274. The van der Waals surface area contributed by atoms with Crippen molar-refractivity contribution in [1.29, 1.82) is 0 Å². The third-order valence-electron chi connectivity index (χ3n) is 4.33. The second kappa shape index (κ2) is 7.36. The highest BCUT2D eigenvalue weighted by Crippen LogP contribution is 2.38. The number of carbonyl (C=O) groups excluding carboxylic acids is 1. The van der Waals surface area contributed by atoms with Crippen molar-refractivity contribution in [1.82, 2.24) is 5.32 Å². The fourth-order valence-corrected chi connectivity index (χ4v) is 4.31. The van der Waals surface area contributed by atoms with Crippen LogP contribution in [0.3, 0.4) is 0 Å². The number of nitrogens with one attached hydrogen (secondary N) is 1. The van der Waals surface area contributed by atoms with Gasteiger partial charge in [0.2, 0.25) is 0 Å². The first-order valence-electron chi connectivity index (χ1n) is 8.25. The molecule has 2 aromatic rings. The molecule has 144 valence electrons. The lowest BCUT2D eigenvalue weighted by atomic mass is 10.2. The lowest BCUT2D eigenvalue weighted by molar-refractivity contribution is 0.0954. The molecule has 1 amide bonds. The van der Waals surface area contributed by atoms with Crippen LogP contribution in [0.15, 0.2) is 42.5 Å². The number of hydrogen-bond acceptors (Lipinski definition) is 5. The summed E-state index contributed by atoms with van der Waals surface area (Å²) in [6.07, 6.45) is 0. The number of rotatable bonds is 6. The normalized spacial score (nSPS) is 14.6. The molecule has 1 heterocycles. The molecule has 0 aliphatic carbocycles. The minimum absolute atomic E-state index is 0.122. The minimum Gasteiger partial charge on any atom is -0.497 e. The van der Waals surface area contributed by atoms with Crippen molar-refractivity contribution >= 4 is 27.5 Å². The Morgan fingerprint density at radius 2 is 1.63 bits per heavy atom. The molecule has 2 aromatic carbocycles. The van der Waals surface area contributed by atoms with Crippen LogP contribution in [0.25, 0.3) is 0 Å². The standard InChI is InChI=1S/C18H21N3O5S/c1-20-16-6-4-5-7-17(16)21(27(20,23)24)9-8-19-18(22)13-10-14(25-2)12-15(11-13)26-3/h4-7,10-12H,8-9H2,1-3H3,(H,19,22). The average molecular weight is 391 g/mol. The predicted octanol–water partition coefficient (Wildman–Crippen LogP) is 1.63. The van der Waals surface area contributed by atoms with E-state index in [9.17, 15) is 13.2 Å². The van der Waals surface area contributed by atoms with E-state index in [2.05, 4.69) is 5.32 Å². The van der Waals surface area contributed by atoms with Crippen molar-refractivity contribution in [2.75, 3.05) is 43.0 Å². The molecule has 1 aliphatic rings. The van der Waals surface area contributed by atoms with Gasteiger partial charge in [0.25, 0.3) is 5.91 Å². The Balaban J connectivity index is 1.71. The molecular formula is C18H21N3O5S. The number of hydrogen-bond donors (Lipinski definition) is 1. The monoisotopic (exact) mass is 391 g/mol. The van der Waals surface area contributed by atoms with Crippen LogP contribution in [-0.4, -0.2) is 48.7 Å². The molecular weight excluding hydrogens is 370 g/mol. The number of benzene rings is 2. The molecule has 0 radical (unpaired) electrons. The maximum absolute atomic E-state index is 12.6. The molecule has 0 bridgehead atoms. The van der Waals surface area contributed by atoms with Crippen molar-refractivity contribution in [2.45, 2.75) is 0 Å². The van der Waals surface area contributed by atoms with Gasteiger partial charge in [-0.25, -0.2) is 4.31 Å². The molecule has 1 N–H and O–H groups in total. The number of amides is 1. The van der Waals surface area contributed by atoms with Crippen LogP contribution >= 0.6 is 0 Å². The van der Waals surface area contributed by atoms with E-state index in [1.54, 1.807) is 42.5 Å². The van der Waals surface area contributed by atoms with Crippen molar-refractivity contribution in [3.8, 4) is 11.5 Å². The number of methoxy groups -OCH3 is 2. The van der Waals surface area contributed by atoms with Gasteiger partial charge in [-0.2, -0.15) is 8.42 Å². The van der Waals surface area contributed by atoms with Gasteiger partial charge in [-0.05, 0) is 24.3 Å².